The first-order chi connectivity index (χ1) is 11.3. The summed E-state index contributed by atoms with van der Waals surface area (Å²) in [5.74, 6) is 0.706. The molecule has 0 aromatic carbocycles. The van der Waals surface area contributed by atoms with Gasteiger partial charge < -0.3 is 15.1 Å². The molecule has 1 N–H and O–H groups in total. The predicted molar refractivity (Wildman–Crippen MR) is 92.5 cm³/mol. The van der Waals surface area contributed by atoms with Gasteiger partial charge >= 0.3 is 6.03 Å². The fourth-order valence-electron chi connectivity index (χ4n) is 5.66. The minimum atomic E-state index is 0.226. The average Bonchev–Trinajstić information content (AvgIpc) is 2.63. The highest BCUT2D eigenvalue weighted by atomic mass is 16.2. The monoisotopic (exact) mass is 319 g/mol. The van der Waals surface area contributed by atoms with Crippen LogP contribution in [0, 0.1) is 5.92 Å². The summed E-state index contributed by atoms with van der Waals surface area (Å²) in [6, 6.07) is 2.08. The second-order valence-corrected chi connectivity index (χ2v) is 8.26. The molecule has 4 rings (SSSR count). The van der Waals surface area contributed by atoms with Gasteiger partial charge in [0.2, 0.25) is 0 Å². The maximum absolute atomic E-state index is 12.5. The average molecular weight is 319 g/mol. The lowest BCUT2D eigenvalue weighted by atomic mass is 9.81. The maximum atomic E-state index is 12.5. The molecule has 130 valence electrons. The number of likely N-dealkylation sites (tertiary alicyclic amines) is 1. The van der Waals surface area contributed by atoms with E-state index in [-0.39, 0.29) is 6.03 Å². The van der Waals surface area contributed by atoms with Gasteiger partial charge in [-0.2, -0.15) is 0 Å². The molecular weight excluding hydrogens is 286 g/mol. The van der Waals surface area contributed by atoms with Crippen LogP contribution in [0.4, 0.5) is 4.79 Å². The van der Waals surface area contributed by atoms with Gasteiger partial charge in [0.15, 0.2) is 0 Å². The lowest BCUT2D eigenvalue weighted by Crippen LogP contribution is -2.63. The summed E-state index contributed by atoms with van der Waals surface area (Å²) in [6.45, 7) is 3.33. The summed E-state index contributed by atoms with van der Waals surface area (Å²) in [4.78, 5) is 17.5. The molecule has 0 radical (unpaired) electrons. The fraction of sp³-hybridized carbons (Fsp3) is 0.947. The zero-order valence-corrected chi connectivity index (χ0v) is 14.5. The van der Waals surface area contributed by atoms with Gasteiger partial charge in [0.25, 0.3) is 0 Å². The summed E-state index contributed by atoms with van der Waals surface area (Å²) >= 11 is 0. The van der Waals surface area contributed by atoms with Crippen molar-refractivity contribution in [2.24, 2.45) is 5.92 Å². The molecule has 4 fully saturated rings. The number of hydrogen-bond acceptors (Lipinski definition) is 2. The largest absolute Gasteiger partial charge is 0.338 e. The van der Waals surface area contributed by atoms with E-state index in [1.807, 2.05) is 0 Å². The number of carbonyl (C=O) groups is 1. The van der Waals surface area contributed by atoms with Gasteiger partial charge in [0.05, 0.1) is 0 Å². The predicted octanol–water partition coefficient (Wildman–Crippen LogP) is 3.37. The zero-order chi connectivity index (χ0) is 15.6. The summed E-state index contributed by atoms with van der Waals surface area (Å²) in [5.41, 5.74) is 0. The Bertz CT molecular complexity index is 413. The van der Waals surface area contributed by atoms with Gasteiger partial charge in [-0.25, -0.2) is 4.79 Å². The Kier molecular flexibility index (Phi) is 4.79. The fourth-order valence-corrected chi connectivity index (χ4v) is 5.66. The number of nitrogens with one attached hydrogen (secondary N) is 1. The van der Waals surface area contributed by atoms with E-state index >= 15 is 0 Å². The van der Waals surface area contributed by atoms with Gasteiger partial charge in [-0.1, -0.05) is 32.1 Å². The lowest BCUT2D eigenvalue weighted by Gasteiger charge is -2.50. The van der Waals surface area contributed by atoms with E-state index in [2.05, 4.69) is 15.1 Å². The van der Waals surface area contributed by atoms with Gasteiger partial charge in [-0.15, -0.1) is 0 Å². The summed E-state index contributed by atoms with van der Waals surface area (Å²) in [5, 5.41) is 3.18. The Labute approximate surface area is 141 Å². The molecule has 0 aromatic heterocycles. The highest BCUT2D eigenvalue weighted by Crippen LogP contribution is 2.34. The van der Waals surface area contributed by atoms with Gasteiger partial charge in [-0.05, 0) is 44.4 Å². The van der Waals surface area contributed by atoms with E-state index in [1.165, 1.54) is 83.7 Å². The number of carbonyl (C=O) groups excluding carboxylic acids is 1. The molecule has 4 heteroatoms. The number of rotatable bonds is 2. The van der Waals surface area contributed by atoms with Crippen LogP contribution in [0.15, 0.2) is 0 Å². The number of piperidine rings is 1. The standard InChI is InChI=1S/C19H33N3O/c23-19-20-14-15-6-4-5-9-18(15)22(19)17-10-12-21(13-11-17)16-7-2-1-3-8-16/h15-18H,1-14H2,(H,20,23)/t15-,18+/m1/s1. The highest BCUT2D eigenvalue weighted by molar-refractivity contribution is 5.76. The van der Waals surface area contributed by atoms with E-state index in [9.17, 15) is 4.79 Å². The van der Waals surface area contributed by atoms with Crippen LogP contribution in [0.3, 0.4) is 0 Å². The molecule has 4 nitrogen and oxygen atoms in total. The Morgan fingerprint density at radius 1 is 0.783 bits per heavy atom. The maximum Gasteiger partial charge on any atom is 0.317 e. The number of nitrogens with zero attached hydrogens (tertiary/aromatic N) is 2. The lowest BCUT2D eigenvalue weighted by molar-refractivity contribution is 0.0280. The molecule has 2 amide bonds. The molecule has 2 heterocycles. The second kappa shape index (κ2) is 7.00. The molecule has 2 aliphatic carbocycles. The zero-order valence-electron chi connectivity index (χ0n) is 14.5. The number of amides is 2. The van der Waals surface area contributed by atoms with Gasteiger partial charge in [-0.3, -0.25) is 0 Å². The van der Waals surface area contributed by atoms with E-state index in [0.29, 0.717) is 18.0 Å². The van der Waals surface area contributed by atoms with E-state index in [1.54, 1.807) is 0 Å². The molecule has 0 bridgehead atoms. The molecule has 4 aliphatic rings. The smallest absolute Gasteiger partial charge is 0.317 e. The molecule has 2 atom stereocenters. The van der Waals surface area contributed by atoms with Crippen molar-refractivity contribution in [3.8, 4) is 0 Å². The second-order valence-electron chi connectivity index (χ2n) is 8.26. The molecule has 2 aliphatic heterocycles. The summed E-state index contributed by atoms with van der Waals surface area (Å²) in [7, 11) is 0. The molecule has 0 spiro atoms. The third kappa shape index (κ3) is 3.24. The third-order valence-corrected chi connectivity index (χ3v) is 6.96. The Morgan fingerprint density at radius 2 is 1.48 bits per heavy atom. The number of fused-ring (bicyclic) bond motifs is 1. The first kappa shape index (κ1) is 15.7. The van der Waals surface area contributed by atoms with E-state index in [4.69, 9.17) is 0 Å². The van der Waals surface area contributed by atoms with Crippen LogP contribution in [0.5, 0.6) is 0 Å². The van der Waals surface area contributed by atoms with E-state index < -0.39 is 0 Å². The molecule has 2 saturated carbocycles. The van der Waals surface area contributed by atoms with Crippen molar-refractivity contribution in [2.45, 2.75) is 88.8 Å². The van der Waals surface area contributed by atoms with E-state index in [0.717, 1.165) is 12.6 Å². The van der Waals surface area contributed by atoms with Crippen molar-refractivity contribution >= 4 is 6.03 Å². The summed E-state index contributed by atoms with van der Waals surface area (Å²) < 4.78 is 0. The first-order valence-corrected chi connectivity index (χ1v) is 10.1. The minimum absolute atomic E-state index is 0.226. The topological polar surface area (TPSA) is 35.6 Å². The Hall–Kier alpha value is -0.770. The van der Waals surface area contributed by atoms with Crippen molar-refractivity contribution in [1.82, 2.24) is 15.1 Å². The molecular formula is C19H33N3O. The van der Waals surface area contributed by atoms with Crippen LogP contribution in [0.1, 0.15) is 70.6 Å². The molecule has 23 heavy (non-hydrogen) atoms. The van der Waals surface area contributed by atoms with Gasteiger partial charge in [0, 0.05) is 37.8 Å². The quantitative estimate of drug-likeness (QED) is 0.847. The van der Waals surface area contributed by atoms with Crippen LogP contribution in [-0.2, 0) is 0 Å². The highest BCUT2D eigenvalue weighted by Gasteiger charge is 2.41. The van der Waals surface area contributed by atoms with Crippen LogP contribution in [-0.4, -0.2) is 53.6 Å². The van der Waals surface area contributed by atoms with Crippen LogP contribution >= 0.6 is 0 Å². The summed E-state index contributed by atoms with van der Waals surface area (Å²) in [6.07, 6.45) is 14.7. The van der Waals surface area contributed by atoms with Crippen molar-refractivity contribution in [3.63, 3.8) is 0 Å². The molecule has 0 aromatic rings. The SMILES string of the molecule is O=C1NC[C@H]2CCCC[C@@H]2N1C1CCN(C2CCCCC2)CC1. The molecule has 0 unspecified atom stereocenters. The van der Waals surface area contributed by atoms with Gasteiger partial charge in [0.1, 0.15) is 0 Å². The van der Waals surface area contributed by atoms with Crippen LogP contribution in [0.2, 0.25) is 0 Å². The van der Waals surface area contributed by atoms with Crippen LogP contribution in [0.25, 0.3) is 0 Å². The first-order valence-electron chi connectivity index (χ1n) is 10.1. The molecule has 2 saturated heterocycles. The van der Waals surface area contributed by atoms with Crippen molar-refractivity contribution in [2.75, 3.05) is 19.6 Å². The third-order valence-electron chi connectivity index (χ3n) is 6.96. The van der Waals surface area contributed by atoms with Crippen molar-refractivity contribution in [1.29, 1.82) is 0 Å². The minimum Gasteiger partial charge on any atom is -0.338 e. The van der Waals surface area contributed by atoms with Crippen LogP contribution < -0.4 is 5.32 Å². The number of urea groups is 1. The Balaban J connectivity index is 1.37. The van der Waals surface area contributed by atoms with Crippen molar-refractivity contribution < 1.29 is 4.79 Å². The Morgan fingerprint density at radius 3 is 2.26 bits per heavy atom. The normalized spacial score (nSPS) is 35.0. The number of hydrogen-bond donors (Lipinski definition) is 1. The van der Waals surface area contributed by atoms with Crippen molar-refractivity contribution in [3.05, 3.63) is 0 Å².